The van der Waals surface area contributed by atoms with E-state index in [0.717, 1.165) is 74.3 Å². The number of alkyl carbamates (subject to hydrolysis) is 1. The topological polar surface area (TPSA) is 127 Å². The number of hydrogen-bond acceptors (Lipinski definition) is 7. The lowest BCUT2D eigenvalue weighted by Crippen LogP contribution is -2.55. The second-order valence-electron chi connectivity index (χ2n) is 12.5. The maximum atomic E-state index is 14.1. The second kappa shape index (κ2) is 13.4. The van der Waals surface area contributed by atoms with E-state index in [1.165, 1.54) is 4.90 Å². The largest absolute Gasteiger partial charge is 0.493 e. The van der Waals surface area contributed by atoms with E-state index in [0.29, 0.717) is 24.7 Å². The minimum atomic E-state index is -1.10. The molecule has 6 rings (SSSR count). The number of carbonyl (C=O) groups excluding carboxylic acids is 2. The van der Waals surface area contributed by atoms with E-state index in [4.69, 9.17) is 19.2 Å². The molecular weight excluding hydrogens is 562 g/mol. The summed E-state index contributed by atoms with van der Waals surface area (Å²) in [5.41, 5.74) is 1.52. The van der Waals surface area contributed by atoms with Crippen molar-refractivity contribution in [1.29, 1.82) is 0 Å². The number of amides is 2. The third-order valence-corrected chi connectivity index (χ3v) is 9.75. The summed E-state index contributed by atoms with van der Waals surface area (Å²) in [6.45, 7) is 2.49. The lowest BCUT2D eigenvalue weighted by Gasteiger charge is -2.31. The van der Waals surface area contributed by atoms with Crippen molar-refractivity contribution in [3.05, 3.63) is 42.0 Å². The molecule has 5 atom stereocenters. The highest BCUT2D eigenvalue weighted by atomic mass is 16.6. The van der Waals surface area contributed by atoms with E-state index in [-0.39, 0.29) is 36.8 Å². The monoisotopic (exact) mass is 605 g/mol. The van der Waals surface area contributed by atoms with Gasteiger partial charge in [0, 0.05) is 11.8 Å². The SMILES string of the molecule is CCOc1c2c(nc3ccccc13)OC1CC(C(=O)O)N(C1)C(=O)C(C1CCCC1)NC(=O)OC1CCCC1CCC=CC2. The average Bonchev–Trinajstić information content (AvgIpc) is 3.78. The number of nitrogens with one attached hydrogen (secondary N) is 1. The number of pyridine rings is 1. The number of para-hydroxylation sites is 1. The van der Waals surface area contributed by atoms with Crippen LogP contribution in [0, 0.1) is 11.8 Å². The van der Waals surface area contributed by atoms with Crippen molar-refractivity contribution in [3.63, 3.8) is 0 Å². The van der Waals surface area contributed by atoms with Gasteiger partial charge in [0.1, 0.15) is 30.0 Å². The highest BCUT2D eigenvalue weighted by molar-refractivity contribution is 5.90. The first-order valence-electron chi connectivity index (χ1n) is 16.3. The van der Waals surface area contributed by atoms with Crippen molar-refractivity contribution in [3.8, 4) is 11.6 Å². The van der Waals surface area contributed by atoms with Crippen LogP contribution in [0.25, 0.3) is 10.9 Å². The molecular formula is C34H43N3O7. The molecule has 10 heteroatoms. The fraction of sp³-hybridized carbons (Fsp3) is 0.588. The molecule has 2 aliphatic carbocycles. The summed E-state index contributed by atoms with van der Waals surface area (Å²) in [5.74, 6) is -0.196. The van der Waals surface area contributed by atoms with Gasteiger partial charge in [0.25, 0.3) is 0 Å². The Labute approximate surface area is 258 Å². The molecule has 1 saturated heterocycles. The molecule has 2 bridgehead atoms. The Bertz CT molecular complexity index is 1400. The number of allylic oxidation sites excluding steroid dienone is 2. The molecule has 236 valence electrons. The molecule has 3 fully saturated rings. The zero-order valence-electron chi connectivity index (χ0n) is 25.4. The molecule has 0 radical (unpaired) electrons. The molecule has 2 N–H and O–H groups in total. The first-order chi connectivity index (χ1) is 21.4. The number of carboxylic acid groups (broad SMARTS) is 1. The van der Waals surface area contributed by atoms with Crippen LogP contribution in [0.15, 0.2) is 36.4 Å². The minimum Gasteiger partial charge on any atom is -0.493 e. The highest BCUT2D eigenvalue weighted by Crippen LogP contribution is 2.38. The highest BCUT2D eigenvalue weighted by Gasteiger charge is 2.46. The smallest absolute Gasteiger partial charge is 0.408 e. The molecule has 2 aliphatic heterocycles. The van der Waals surface area contributed by atoms with Crippen LogP contribution < -0.4 is 14.8 Å². The van der Waals surface area contributed by atoms with Crippen LogP contribution in [0.2, 0.25) is 0 Å². The molecule has 2 saturated carbocycles. The number of aromatic nitrogens is 1. The molecule has 2 aromatic rings. The number of benzene rings is 1. The Hall–Kier alpha value is -3.82. The molecule has 5 unspecified atom stereocenters. The van der Waals surface area contributed by atoms with Crippen LogP contribution in [0.3, 0.4) is 0 Å². The van der Waals surface area contributed by atoms with Crippen molar-refractivity contribution in [2.45, 2.75) is 102 Å². The van der Waals surface area contributed by atoms with Crippen LogP contribution in [-0.2, 0) is 20.7 Å². The van der Waals surface area contributed by atoms with Crippen LogP contribution in [0.1, 0.15) is 76.7 Å². The van der Waals surface area contributed by atoms with Gasteiger partial charge in [-0.2, -0.15) is 0 Å². The zero-order chi connectivity index (χ0) is 30.6. The average molecular weight is 606 g/mol. The fourth-order valence-electron chi connectivity index (χ4n) is 7.57. The Morgan fingerprint density at radius 1 is 1.05 bits per heavy atom. The Morgan fingerprint density at radius 3 is 2.64 bits per heavy atom. The lowest BCUT2D eigenvalue weighted by atomic mass is 9.96. The van der Waals surface area contributed by atoms with Gasteiger partial charge in [-0.3, -0.25) is 4.79 Å². The number of nitrogens with zero attached hydrogens (tertiary/aromatic N) is 2. The summed E-state index contributed by atoms with van der Waals surface area (Å²) in [4.78, 5) is 46.0. The van der Waals surface area contributed by atoms with Gasteiger partial charge in [0.2, 0.25) is 11.8 Å². The summed E-state index contributed by atoms with van der Waals surface area (Å²) < 4.78 is 18.6. The Morgan fingerprint density at radius 2 is 1.84 bits per heavy atom. The summed E-state index contributed by atoms with van der Waals surface area (Å²) in [7, 11) is 0. The number of fused-ring (bicyclic) bond motifs is 5. The molecule has 1 aromatic heterocycles. The Kier molecular flexibility index (Phi) is 9.23. The normalized spacial score (nSPS) is 28.4. The lowest BCUT2D eigenvalue weighted by molar-refractivity contribution is -0.149. The first-order valence-corrected chi connectivity index (χ1v) is 16.3. The molecule has 1 aromatic carbocycles. The van der Waals surface area contributed by atoms with Gasteiger partial charge in [0.05, 0.1) is 24.2 Å². The van der Waals surface area contributed by atoms with Crippen molar-refractivity contribution in [1.82, 2.24) is 15.2 Å². The van der Waals surface area contributed by atoms with Crippen LogP contribution in [0.5, 0.6) is 11.6 Å². The summed E-state index contributed by atoms with van der Waals surface area (Å²) in [6, 6.07) is 5.83. The quantitative estimate of drug-likeness (QED) is 0.443. The van der Waals surface area contributed by atoms with Gasteiger partial charge in [-0.1, -0.05) is 37.1 Å². The fourth-order valence-corrected chi connectivity index (χ4v) is 7.57. The number of hydrogen-bond donors (Lipinski definition) is 2. The van der Waals surface area contributed by atoms with E-state index in [2.05, 4.69) is 17.5 Å². The Balaban J connectivity index is 1.38. The van der Waals surface area contributed by atoms with Gasteiger partial charge in [-0.25, -0.2) is 14.6 Å². The summed E-state index contributed by atoms with van der Waals surface area (Å²) >= 11 is 0. The number of carbonyl (C=O) groups is 3. The summed E-state index contributed by atoms with van der Waals surface area (Å²) in [6.07, 6.45) is 11.6. The number of ether oxygens (including phenoxy) is 3. The van der Waals surface area contributed by atoms with E-state index >= 15 is 0 Å². The van der Waals surface area contributed by atoms with Crippen molar-refractivity contribution in [2.75, 3.05) is 13.2 Å². The van der Waals surface area contributed by atoms with Gasteiger partial charge < -0.3 is 29.5 Å². The predicted molar refractivity (Wildman–Crippen MR) is 164 cm³/mol. The number of aliphatic carboxylic acids is 1. The second-order valence-corrected chi connectivity index (χ2v) is 12.5. The molecule has 10 nitrogen and oxygen atoms in total. The van der Waals surface area contributed by atoms with Gasteiger partial charge >= 0.3 is 12.1 Å². The van der Waals surface area contributed by atoms with Crippen molar-refractivity contribution < 1.29 is 33.7 Å². The first kappa shape index (κ1) is 30.2. The van der Waals surface area contributed by atoms with Crippen molar-refractivity contribution >= 4 is 28.9 Å². The maximum Gasteiger partial charge on any atom is 0.408 e. The van der Waals surface area contributed by atoms with Crippen LogP contribution in [-0.4, -0.2) is 70.4 Å². The maximum absolute atomic E-state index is 14.1. The van der Waals surface area contributed by atoms with Crippen molar-refractivity contribution in [2.24, 2.45) is 11.8 Å². The van der Waals surface area contributed by atoms with E-state index in [1.807, 2.05) is 31.2 Å². The van der Waals surface area contributed by atoms with Gasteiger partial charge in [0.15, 0.2) is 0 Å². The third-order valence-electron chi connectivity index (χ3n) is 9.75. The van der Waals surface area contributed by atoms with Crippen LogP contribution >= 0.6 is 0 Å². The molecule has 0 spiro atoms. The van der Waals surface area contributed by atoms with E-state index < -0.39 is 30.3 Å². The van der Waals surface area contributed by atoms with Gasteiger partial charge in [-0.15, -0.1) is 0 Å². The van der Waals surface area contributed by atoms with E-state index in [1.54, 1.807) is 0 Å². The number of rotatable bonds is 4. The third kappa shape index (κ3) is 6.35. The van der Waals surface area contributed by atoms with E-state index in [9.17, 15) is 19.5 Å². The van der Waals surface area contributed by atoms with Crippen LogP contribution in [0.4, 0.5) is 4.79 Å². The molecule has 44 heavy (non-hydrogen) atoms. The number of carboxylic acids is 1. The molecule has 3 heterocycles. The summed E-state index contributed by atoms with van der Waals surface area (Å²) in [5, 5.41) is 14.0. The molecule has 4 aliphatic rings. The molecule has 2 amide bonds. The van der Waals surface area contributed by atoms with Gasteiger partial charge in [-0.05, 0) is 82.3 Å². The zero-order valence-corrected chi connectivity index (χ0v) is 25.4. The predicted octanol–water partition coefficient (Wildman–Crippen LogP) is 5.41. The minimum absolute atomic E-state index is 0.0675. The standard InChI is InChI=1S/C34H43N3O7/c1-2-42-30-24-15-8-9-17-26(24)35-31-25(30)16-5-3-4-11-21-14-10-18-28(21)44-34(41)36-29(22-12-6-7-13-22)32(38)37-20-23(43-31)19-27(37)33(39)40/h3,5,8-9,15,17,21-23,27-29H,2,4,6-7,10-14,16,18-20H2,1H3,(H,36,41)(H,39,40).